The lowest BCUT2D eigenvalue weighted by atomic mass is 9.97. The fourth-order valence-corrected chi connectivity index (χ4v) is 1.74. The molecule has 16 heavy (non-hydrogen) atoms. The van der Waals surface area contributed by atoms with Crippen LogP contribution >= 0.6 is 0 Å². The largest absolute Gasteiger partial charge is 0.445 e. The van der Waals surface area contributed by atoms with E-state index in [2.05, 4.69) is 24.0 Å². The van der Waals surface area contributed by atoms with E-state index in [0.29, 0.717) is 11.8 Å². The first-order valence-corrected chi connectivity index (χ1v) is 5.51. The Kier molecular flexibility index (Phi) is 3.37. The van der Waals surface area contributed by atoms with Gasteiger partial charge in [-0.05, 0) is 36.6 Å². The summed E-state index contributed by atoms with van der Waals surface area (Å²) in [5, 5.41) is 0. The monoisotopic (exact) mass is 216 g/mol. The van der Waals surface area contributed by atoms with Gasteiger partial charge in [0, 0.05) is 5.56 Å². The SMILES string of the molecule is CC(CCN)c1ccc(-c2ncco2)cc1. The van der Waals surface area contributed by atoms with Gasteiger partial charge in [-0.2, -0.15) is 0 Å². The Morgan fingerprint density at radius 1 is 1.31 bits per heavy atom. The fourth-order valence-electron chi connectivity index (χ4n) is 1.74. The Hall–Kier alpha value is -1.61. The Balaban J connectivity index is 2.16. The van der Waals surface area contributed by atoms with Gasteiger partial charge in [0.1, 0.15) is 6.26 Å². The number of hydrogen-bond donors (Lipinski definition) is 1. The van der Waals surface area contributed by atoms with Crippen molar-refractivity contribution in [3.8, 4) is 11.5 Å². The molecular formula is C13H16N2O. The maximum absolute atomic E-state index is 5.55. The van der Waals surface area contributed by atoms with Gasteiger partial charge in [-0.3, -0.25) is 0 Å². The molecule has 0 bridgehead atoms. The van der Waals surface area contributed by atoms with E-state index < -0.39 is 0 Å². The van der Waals surface area contributed by atoms with Gasteiger partial charge in [0.05, 0.1) is 6.20 Å². The smallest absolute Gasteiger partial charge is 0.225 e. The Morgan fingerprint density at radius 3 is 2.62 bits per heavy atom. The highest BCUT2D eigenvalue weighted by atomic mass is 16.3. The summed E-state index contributed by atoms with van der Waals surface area (Å²) in [6.45, 7) is 2.91. The van der Waals surface area contributed by atoms with Crippen LogP contribution in [0, 0.1) is 0 Å². The average molecular weight is 216 g/mol. The zero-order chi connectivity index (χ0) is 11.4. The second kappa shape index (κ2) is 4.94. The lowest BCUT2D eigenvalue weighted by Crippen LogP contribution is -2.04. The van der Waals surface area contributed by atoms with Crippen LogP contribution < -0.4 is 5.73 Å². The summed E-state index contributed by atoms with van der Waals surface area (Å²) in [5.41, 5.74) is 7.86. The van der Waals surface area contributed by atoms with Crippen molar-refractivity contribution in [1.82, 2.24) is 4.98 Å². The summed E-state index contributed by atoms with van der Waals surface area (Å²) in [7, 11) is 0. The molecule has 0 amide bonds. The molecule has 2 N–H and O–H groups in total. The van der Waals surface area contributed by atoms with E-state index in [-0.39, 0.29) is 0 Å². The molecule has 1 unspecified atom stereocenters. The predicted molar refractivity (Wildman–Crippen MR) is 64.0 cm³/mol. The van der Waals surface area contributed by atoms with Crippen LogP contribution in [-0.2, 0) is 0 Å². The summed E-state index contributed by atoms with van der Waals surface area (Å²) in [5.74, 6) is 1.17. The highest BCUT2D eigenvalue weighted by Crippen LogP contribution is 2.22. The van der Waals surface area contributed by atoms with Crippen LogP contribution in [0.3, 0.4) is 0 Å². The Morgan fingerprint density at radius 2 is 2.06 bits per heavy atom. The number of nitrogens with zero attached hydrogens (tertiary/aromatic N) is 1. The molecule has 0 saturated carbocycles. The zero-order valence-corrected chi connectivity index (χ0v) is 9.39. The Labute approximate surface area is 95.3 Å². The van der Waals surface area contributed by atoms with E-state index in [0.717, 1.165) is 18.5 Å². The second-order valence-electron chi connectivity index (χ2n) is 3.94. The molecule has 1 aromatic heterocycles. The van der Waals surface area contributed by atoms with E-state index in [4.69, 9.17) is 10.2 Å². The first-order chi connectivity index (χ1) is 7.81. The number of rotatable bonds is 4. The quantitative estimate of drug-likeness (QED) is 0.855. The van der Waals surface area contributed by atoms with Crippen molar-refractivity contribution in [3.05, 3.63) is 42.3 Å². The standard InChI is InChI=1S/C13H16N2O/c1-10(6-7-14)11-2-4-12(5-3-11)13-15-8-9-16-13/h2-5,8-10H,6-7,14H2,1H3. The van der Waals surface area contributed by atoms with Gasteiger partial charge in [-0.15, -0.1) is 0 Å². The van der Waals surface area contributed by atoms with E-state index in [1.165, 1.54) is 5.56 Å². The minimum absolute atomic E-state index is 0.503. The van der Waals surface area contributed by atoms with Gasteiger partial charge >= 0.3 is 0 Å². The van der Waals surface area contributed by atoms with Crippen molar-refractivity contribution >= 4 is 0 Å². The molecule has 1 aromatic carbocycles. The van der Waals surface area contributed by atoms with Crippen molar-refractivity contribution in [2.24, 2.45) is 5.73 Å². The summed E-state index contributed by atoms with van der Waals surface area (Å²) in [6, 6.07) is 8.29. The highest BCUT2D eigenvalue weighted by molar-refractivity contribution is 5.53. The first kappa shape index (κ1) is 10.9. The summed E-state index contributed by atoms with van der Waals surface area (Å²) >= 11 is 0. The van der Waals surface area contributed by atoms with Gasteiger partial charge < -0.3 is 10.2 Å². The third-order valence-electron chi connectivity index (χ3n) is 2.76. The maximum atomic E-state index is 5.55. The van der Waals surface area contributed by atoms with E-state index in [1.54, 1.807) is 12.5 Å². The van der Waals surface area contributed by atoms with Crippen molar-refractivity contribution in [2.45, 2.75) is 19.3 Å². The molecule has 3 heteroatoms. The molecule has 0 saturated heterocycles. The zero-order valence-electron chi connectivity index (χ0n) is 9.39. The molecule has 0 radical (unpaired) electrons. The summed E-state index contributed by atoms with van der Waals surface area (Å²) in [6.07, 6.45) is 4.25. The molecule has 1 atom stereocenters. The fraction of sp³-hybridized carbons (Fsp3) is 0.308. The van der Waals surface area contributed by atoms with Crippen LogP contribution in [0.1, 0.15) is 24.8 Å². The maximum Gasteiger partial charge on any atom is 0.225 e. The van der Waals surface area contributed by atoms with Crippen molar-refractivity contribution in [3.63, 3.8) is 0 Å². The third-order valence-corrected chi connectivity index (χ3v) is 2.76. The molecule has 0 fully saturated rings. The predicted octanol–water partition coefficient (Wildman–Crippen LogP) is 2.79. The Bertz CT molecular complexity index is 420. The lowest BCUT2D eigenvalue weighted by Gasteiger charge is -2.10. The van der Waals surface area contributed by atoms with Gasteiger partial charge in [0.15, 0.2) is 0 Å². The lowest BCUT2D eigenvalue weighted by molar-refractivity contribution is 0.574. The second-order valence-corrected chi connectivity index (χ2v) is 3.94. The van der Waals surface area contributed by atoms with Gasteiger partial charge in [0.2, 0.25) is 5.89 Å². The molecule has 1 heterocycles. The topological polar surface area (TPSA) is 52.0 Å². The third kappa shape index (κ3) is 2.31. The van der Waals surface area contributed by atoms with Crippen LogP contribution in [0.25, 0.3) is 11.5 Å². The number of benzene rings is 1. The van der Waals surface area contributed by atoms with Gasteiger partial charge in [-0.25, -0.2) is 4.98 Å². The number of nitrogens with two attached hydrogens (primary N) is 1. The van der Waals surface area contributed by atoms with Gasteiger partial charge in [0.25, 0.3) is 0 Å². The number of aromatic nitrogens is 1. The molecule has 84 valence electrons. The van der Waals surface area contributed by atoms with E-state index >= 15 is 0 Å². The molecule has 3 nitrogen and oxygen atoms in total. The van der Waals surface area contributed by atoms with Crippen LogP contribution in [0.4, 0.5) is 0 Å². The summed E-state index contributed by atoms with van der Waals surface area (Å²) < 4.78 is 5.24. The molecule has 0 aliphatic carbocycles. The molecule has 2 rings (SSSR count). The molecular weight excluding hydrogens is 200 g/mol. The molecule has 0 spiro atoms. The van der Waals surface area contributed by atoms with Crippen LogP contribution in [-0.4, -0.2) is 11.5 Å². The number of oxazole rings is 1. The van der Waals surface area contributed by atoms with Crippen LogP contribution in [0.2, 0.25) is 0 Å². The normalized spacial score (nSPS) is 12.6. The van der Waals surface area contributed by atoms with E-state index in [9.17, 15) is 0 Å². The van der Waals surface area contributed by atoms with E-state index in [1.807, 2.05) is 12.1 Å². The van der Waals surface area contributed by atoms with Crippen molar-refractivity contribution < 1.29 is 4.42 Å². The van der Waals surface area contributed by atoms with Crippen molar-refractivity contribution in [2.75, 3.05) is 6.54 Å². The summed E-state index contributed by atoms with van der Waals surface area (Å²) in [4.78, 5) is 4.11. The van der Waals surface area contributed by atoms with Gasteiger partial charge in [-0.1, -0.05) is 19.1 Å². The average Bonchev–Trinajstić information content (AvgIpc) is 2.83. The highest BCUT2D eigenvalue weighted by Gasteiger charge is 2.06. The van der Waals surface area contributed by atoms with Crippen LogP contribution in [0.5, 0.6) is 0 Å². The minimum Gasteiger partial charge on any atom is -0.445 e. The molecule has 2 aromatic rings. The first-order valence-electron chi connectivity index (χ1n) is 5.51. The van der Waals surface area contributed by atoms with Crippen LogP contribution in [0.15, 0.2) is 41.1 Å². The molecule has 0 aliphatic heterocycles. The minimum atomic E-state index is 0.503. The number of hydrogen-bond acceptors (Lipinski definition) is 3. The van der Waals surface area contributed by atoms with Crippen molar-refractivity contribution in [1.29, 1.82) is 0 Å². The molecule has 0 aliphatic rings.